The summed E-state index contributed by atoms with van der Waals surface area (Å²) in [5.74, 6) is 7.49. The molecule has 0 fully saturated rings. The first kappa shape index (κ1) is 15.0. The van der Waals surface area contributed by atoms with Crippen LogP contribution in [0.1, 0.15) is 18.1 Å². The molecule has 1 atom stereocenters. The molecule has 0 spiro atoms. The van der Waals surface area contributed by atoms with Crippen LogP contribution in [0.25, 0.3) is 0 Å². The van der Waals surface area contributed by atoms with Gasteiger partial charge in [-0.3, -0.25) is 10.2 Å². The highest BCUT2D eigenvalue weighted by molar-refractivity contribution is 7.98. The summed E-state index contributed by atoms with van der Waals surface area (Å²) in [4.78, 5) is 11.1. The number of hydrogen-bond donors (Lipinski definition) is 3. The molecule has 1 unspecified atom stereocenters. The van der Waals surface area contributed by atoms with Crippen molar-refractivity contribution in [2.24, 2.45) is 17.5 Å². The molecule has 0 aliphatic carbocycles. The summed E-state index contributed by atoms with van der Waals surface area (Å²) in [6.07, 6.45) is 0.328. The molecule has 1 aromatic carbocycles. The molecule has 0 aliphatic rings. The summed E-state index contributed by atoms with van der Waals surface area (Å²) in [5, 5.41) is 0. The summed E-state index contributed by atoms with van der Waals surface area (Å²) in [5.41, 5.74) is 9.93. The lowest BCUT2D eigenvalue weighted by Crippen LogP contribution is -2.31. The quantitative estimate of drug-likeness (QED) is 0.392. The molecule has 5 heteroatoms. The molecule has 1 aromatic rings. The van der Waals surface area contributed by atoms with Gasteiger partial charge in [0.2, 0.25) is 5.91 Å². The van der Waals surface area contributed by atoms with Crippen molar-refractivity contribution in [2.75, 3.05) is 12.3 Å². The van der Waals surface area contributed by atoms with E-state index in [1.807, 2.05) is 23.9 Å². The fourth-order valence-electron chi connectivity index (χ4n) is 1.44. The van der Waals surface area contributed by atoms with Crippen LogP contribution >= 0.6 is 11.8 Å². The van der Waals surface area contributed by atoms with E-state index < -0.39 is 0 Å². The Hall–Kier alpha value is -1.04. The highest BCUT2D eigenvalue weighted by atomic mass is 32.2. The van der Waals surface area contributed by atoms with Crippen molar-refractivity contribution < 1.29 is 4.79 Å². The molecule has 0 saturated carbocycles. The second-order valence-corrected chi connectivity index (χ2v) is 5.45. The molecule has 4 nitrogen and oxygen atoms in total. The maximum atomic E-state index is 11.1. The molecule has 1 rings (SSSR count). The van der Waals surface area contributed by atoms with Crippen LogP contribution in [0.2, 0.25) is 0 Å². The number of nitrogens with one attached hydrogen (secondary N) is 1. The van der Waals surface area contributed by atoms with Crippen LogP contribution in [-0.4, -0.2) is 18.2 Å². The van der Waals surface area contributed by atoms with Gasteiger partial charge < -0.3 is 5.73 Å². The Kier molecular flexibility index (Phi) is 6.78. The number of rotatable bonds is 7. The van der Waals surface area contributed by atoms with Gasteiger partial charge in [0.25, 0.3) is 0 Å². The molecule has 5 N–H and O–H groups in total. The fourth-order valence-corrected chi connectivity index (χ4v) is 2.52. The van der Waals surface area contributed by atoms with E-state index in [9.17, 15) is 4.79 Å². The van der Waals surface area contributed by atoms with E-state index in [1.54, 1.807) is 0 Å². The third-order valence-electron chi connectivity index (χ3n) is 2.62. The average molecular weight is 267 g/mol. The largest absolute Gasteiger partial charge is 0.330 e. The Bertz CT molecular complexity index is 367. The van der Waals surface area contributed by atoms with E-state index in [1.165, 1.54) is 5.56 Å². The number of amides is 1. The Labute approximate surface area is 112 Å². The van der Waals surface area contributed by atoms with Crippen LogP contribution in [-0.2, 0) is 17.0 Å². The summed E-state index contributed by atoms with van der Waals surface area (Å²) in [7, 11) is 0. The minimum absolute atomic E-state index is 0.172. The molecule has 0 radical (unpaired) electrons. The monoisotopic (exact) mass is 267 g/mol. The van der Waals surface area contributed by atoms with Crippen LogP contribution in [0.4, 0.5) is 0 Å². The Morgan fingerprint density at radius 2 is 1.94 bits per heavy atom. The summed E-state index contributed by atoms with van der Waals surface area (Å²) >= 11 is 1.88. The van der Waals surface area contributed by atoms with Crippen molar-refractivity contribution in [3.63, 3.8) is 0 Å². The average Bonchev–Trinajstić information content (AvgIpc) is 2.40. The van der Waals surface area contributed by atoms with Crippen LogP contribution in [0, 0.1) is 5.92 Å². The van der Waals surface area contributed by atoms with Crippen LogP contribution in [0.3, 0.4) is 0 Å². The smallest absolute Gasteiger partial charge is 0.238 e. The number of carbonyl (C=O) groups excluding carboxylic acids is 1. The van der Waals surface area contributed by atoms with Gasteiger partial charge in [0.1, 0.15) is 0 Å². The molecule has 100 valence electrons. The lowest BCUT2D eigenvalue weighted by Gasteiger charge is -2.08. The van der Waals surface area contributed by atoms with E-state index in [0.717, 1.165) is 23.6 Å². The third-order valence-corrected chi connectivity index (χ3v) is 3.96. The van der Waals surface area contributed by atoms with Crippen molar-refractivity contribution >= 4 is 17.7 Å². The number of nitrogens with two attached hydrogens (primary N) is 2. The minimum Gasteiger partial charge on any atom is -0.330 e. The molecular formula is C13H21N3OS. The predicted molar refractivity (Wildman–Crippen MR) is 76.9 cm³/mol. The van der Waals surface area contributed by atoms with Gasteiger partial charge >= 0.3 is 0 Å². The van der Waals surface area contributed by atoms with Gasteiger partial charge in [0, 0.05) is 5.75 Å². The van der Waals surface area contributed by atoms with Gasteiger partial charge in [0.05, 0.1) is 6.42 Å². The van der Waals surface area contributed by atoms with Crippen LogP contribution in [0.15, 0.2) is 24.3 Å². The first-order chi connectivity index (χ1) is 8.65. The Morgan fingerprint density at radius 1 is 1.33 bits per heavy atom. The zero-order valence-electron chi connectivity index (χ0n) is 10.7. The Morgan fingerprint density at radius 3 is 2.50 bits per heavy atom. The fraction of sp³-hybridized carbons (Fsp3) is 0.462. The third kappa shape index (κ3) is 5.53. The number of hydrazine groups is 1. The van der Waals surface area contributed by atoms with E-state index in [4.69, 9.17) is 11.6 Å². The normalized spacial score (nSPS) is 12.2. The zero-order valence-corrected chi connectivity index (χ0v) is 11.5. The predicted octanol–water partition coefficient (Wildman–Crippen LogP) is 1.05. The Balaban J connectivity index is 2.38. The SMILES string of the molecule is CC(CN)CSCc1ccc(CC(=O)NN)cc1. The molecule has 0 saturated heterocycles. The molecule has 0 bridgehead atoms. The summed E-state index contributed by atoms with van der Waals surface area (Å²) in [6, 6.07) is 8.05. The molecule has 0 aliphatic heterocycles. The van der Waals surface area contributed by atoms with E-state index >= 15 is 0 Å². The number of carbonyl (C=O) groups is 1. The maximum absolute atomic E-state index is 11.1. The van der Waals surface area contributed by atoms with Crippen molar-refractivity contribution in [1.82, 2.24) is 5.43 Å². The minimum atomic E-state index is -0.172. The van der Waals surface area contributed by atoms with Crippen LogP contribution in [0.5, 0.6) is 0 Å². The zero-order chi connectivity index (χ0) is 13.4. The van der Waals surface area contributed by atoms with Gasteiger partial charge in [-0.25, -0.2) is 5.84 Å². The van der Waals surface area contributed by atoms with Crippen molar-refractivity contribution in [2.45, 2.75) is 19.1 Å². The van der Waals surface area contributed by atoms with Crippen molar-refractivity contribution in [3.8, 4) is 0 Å². The lowest BCUT2D eigenvalue weighted by molar-refractivity contribution is -0.120. The molecule has 1 amide bonds. The topological polar surface area (TPSA) is 81.1 Å². The highest BCUT2D eigenvalue weighted by Crippen LogP contribution is 2.15. The summed E-state index contributed by atoms with van der Waals surface area (Å²) < 4.78 is 0. The first-order valence-corrected chi connectivity index (χ1v) is 7.16. The van der Waals surface area contributed by atoms with Gasteiger partial charge in [-0.1, -0.05) is 31.2 Å². The molecular weight excluding hydrogens is 246 g/mol. The van der Waals surface area contributed by atoms with Gasteiger partial charge in [-0.2, -0.15) is 11.8 Å². The standard InChI is InChI=1S/C13H21N3OS/c1-10(7-14)8-18-9-12-4-2-11(3-5-12)6-13(17)16-15/h2-5,10H,6-9,14-15H2,1H3,(H,16,17). The second-order valence-electron chi connectivity index (χ2n) is 4.42. The maximum Gasteiger partial charge on any atom is 0.238 e. The first-order valence-electron chi connectivity index (χ1n) is 6.00. The molecule has 18 heavy (non-hydrogen) atoms. The van der Waals surface area contributed by atoms with Crippen molar-refractivity contribution in [1.29, 1.82) is 0 Å². The second kappa shape index (κ2) is 8.13. The molecule has 0 aromatic heterocycles. The number of thioether (sulfide) groups is 1. The highest BCUT2D eigenvalue weighted by Gasteiger charge is 2.02. The molecule has 0 heterocycles. The van der Waals surface area contributed by atoms with E-state index in [0.29, 0.717) is 12.3 Å². The van der Waals surface area contributed by atoms with Crippen LogP contribution < -0.4 is 17.0 Å². The van der Waals surface area contributed by atoms with E-state index in [2.05, 4.69) is 24.5 Å². The number of hydrogen-bond acceptors (Lipinski definition) is 4. The van der Waals surface area contributed by atoms with Gasteiger partial charge in [0.15, 0.2) is 0 Å². The summed E-state index contributed by atoms with van der Waals surface area (Å²) in [6.45, 7) is 2.89. The van der Waals surface area contributed by atoms with Gasteiger partial charge in [-0.15, -0.1) is 0 Å². The number of benzene rings is 1. The van der Waals surface area contributed by atoms with Gasteiger partial charge in [-0.05, 0) is 29.3 Å². The van der Waals surface area contributed by atoms with Crippen molar-refractivity contribution in [3.05, 3.63) is 35.4 Å². The van der Waals surface area contributed by atoms with E-state index in [-0.39, 0.29) is 5.91 Å². The lowest BCUT2D eigenvalue weighted by atomic mass is 10.1.